The van der Waals surface area contributed by atoms with Gasteiger partial charge >= 0.3 is 0 Å². The molecular weight excluding hydrogens is 238 g/mol. The summed E-state index contributed by atoms with van der Waals surface area (Å²) in [6.45, 7) is 7.04. The van der Waals surface area contributed by atoms with Crippen molar-refractivity contribution >= 4 is 11.8 Å². The molecule has 0 saturated heterocycles. The van der Waals surface area contributed by atoms with E-state index >= 15 is 0 Å². The lowest BCUT2D eigenvalue weighted by Gasteiger charge is -2.25. The lowest BCUT2D eigenvalue weighted by atomic mass is 9.89. The second-order valence-electron chi connectivity index (χ2n) is 7.03. The molecular formula is C16H33NS. The maximum absolute atomic E-state index is 3.51. The third-order valence-electron chi connectivity index (χ3n) is 3.97. The minimum Gasteiger partial charge on any atom is -0.316 e. The third-order valence-corrected chi connectivity index (χ3v) is 5.51. The summed E-state index contributed by atoms with van der Waals surface area (Å²) in [5.74, 6) is 1.31. The molecule has 1 unspecified atom stereocenters. The average Bonchev–Trinajstić information content (AvgIpc) is 2.33. The Balaban J connectivity index is 2.12. The van der Waals surface area contributed by atoms with Crippen LogP contribution in [0.25, 0.3) is 0 Å². The molecule has 2 heteroatoms. The molecule has 108 valence electrons. The topological polar surface area (TPSA) is 12.0 Å². The Morgan fingerprint density at radius 2 is 1.83 bits per heavy atom. The van der Waals surface area contributed by atoms with Crippen LogP contribution in [0.2, 0.25) is 0 Å². The minimum atomic E-state index is 0.495. The van der Waals surface area contributed by atoms with Crippen LogP contribution in [0.1, 0.15) is 72.1 Å². The van der Waals surface area contributed by atoms with Crippen LogP contribution in [0, 0.1) is 5.41 Å². The van der Waals surface area contributed by atoms with Crippen molar-refractivity contribution in [3.05, 3.63) is 0 Å². The molecule has 0 spiro atoms. The van der Waals surface area contributed by atoms with Crippen LogP contribution in [0.5, 0.6) is 0 Å². The molecule has 0 radical (unpaired) electrons. The highest BCUT2D eigenvalue weighted by Crippen LogP contribution is 2.29. The maximum atomic E-state index is 3.51. The smallest absolute Gasteiger partial charge is 0.0155 e. The van der Waals surface area contributed by atoms with E-state index < -0.39 is 0 Å². The van der Waals surface area contributed by atoms with Crippen molar-refractivity contribution in [3.8, 4) is 0 Å². The fourth-order valence-corrected chi connectivity index (χ4v) is 4.18. The van der Waals surface area contributed by atoms with Crippen molar-refractivity contribution in [1.82, 2.24) is 5.32 Å². The molecule has 1 saturated carbocycles. The van der Waals surface area contributed by atoms with Gasteiger partial charge < -0.3 is 5.32 Å². The molecule has 0 aromatic carbocycles. The van der Waals surface area contributed by atoms with Gasteiger partial charge in [0.05, 0.1) is 0 Å². The zero-order chi connectivity index (χ0) is 13.4. The Bertz CT molecular complexity index is 204. The van der Waals surface area contributed by atoms with Crippen LogP contribution in [0.15, 0.2) is 0 Å². The van der Waals surface area contributed by atoms with Crippen molar-refractivity contribution in [1.29, 1.82) is 0 Å². The highest BCUT2D eigenvalue weighted by atomic mass is 32.2. The molecule has 1 N–H and O–H groups in total. The second-order valence-corrected chi connectivity index (χ2v) is 8.37. The van der Waals surface area contributed by atoms with Crippen LogP contribution in [-0.4, -0.2) is 24.1 Å². The predicted octanol–water partition coefficient (Wildman–Crippen LogP) is 4.86. The molecule has 1 aliphatic carbocycles. The van der Waals surface area contributed by atoms with Crippen molar-refractivity contribution < 1.29 is 0 Å². The number of rotatable bonds is 7. The van der Waals surface area contributed by atoms with E-state index in [0.29, 0.717) is 5.41 Å². The first-order valence-corrected chi connectivity index (χ1v) is 8.85. The average molecular weight is 272 g/mol. The lowest BCUT2D eigenvalue weighted by Crippen LogP contribution is -2.29. The van der Waals surface area contributed by atoms with Gasteiger partial charge in [-0.2, -0.15) is 11.8 Å². The Kier molecular flexibility index (Phi) is 7.70. The molecule has 1 nitrogen and oxygen atoms in total. The summed E-state index contributed by atoms with van der Waals surface area (Å²) < 4.78 is 0. The van der Waals surface area contributed by atoms with E-state index in [2.05, 4.69) is 44.9 Å². The predicted molar refractivity (Wildman–Crippen MR) is 85.5 cm³/mol. The highest BCUT2D eigenvalue weighted by Gasteiger charge is 2.17. The normalized spacial score (nSPS) is 20.0. The second kappa shape index (κ2) is 8.47. The fourth-order valence-electron chi connectivity index (χ4n) is 2.67. The molecule has 18 heavy (non-hydrogen) atoms. The lowest BCUT2D eigenvalue weighted by molar-refractivity contribution is 0.350. The Morgan fingerprint density at radius 1 is 1.17 bits per heavy atom. The highest BCUT2D eigenvalue weighted by molar-refractivity contribution is 7.99. The van der Waals surface area contributed by atoms with Gasteiger partial charge in [-0.1, -0.05) is 46.5 Å². The van der Waals surface area contributed by atoms with E-state index in [0.717, 1.165) is 11.3 Å². The number of thioether (sulfide) groups is 1. The van der Waals surface area contributed by atoms with Gasteiger partial charge in [-0.15, -0.1) is 0 Å². The first-order chi connectivity index (χ1) is 8.51. The minimum absolute atomic E-state index is 0.495. The van der Waals surface area contributed by atoms with Gasteiger partial charge in [0, 0.05) is 17.0 Å². The van der Waals surface area contributed by atoms with E-state index in [9.17, 15) is 0 Å². The van der Waals surface area contributed by atoms with Crippen LogP contribution in [0.3, 0.4) is 0 Å². The van der Waals surface area contributed by atoms with Crippen LogP contribution in [-0.2, 0) is 0 Å². The Morgan fingerprint density at radius 3 is 2.39 bits per heavy atom. The van der Waals surface area contributed by atoms with Gasteiger partial charge in [0.15, 0.2) is 0 Å². The van der Waals surface area contributed by atoms with E-state index in [1.807, 2.05) is 0 Å². The van der Waals surface area contributed by atoms with Crippen LogP contribution in [0.4, 0.5) is 0 Å². The van der Waals surface area contributed by atoms with E-state index in [1.54, 1.807) is 0 Å². The molecule has 0 aromatic rings. The van der Waals surface area contributed by atoms with Gasteiger partial charge in [0.1, 0.15) is 0 Å². The quantitative estimate of drug-likeness (QED) is 0.710. The molecule has 0 bridgehead atoms. The van der Waals surface area contributed by atoms with Crippen molar-refractivity contribution in [2.24, 2.45) is 5.41 Å². The first-order valence-electron chi connectivity index (χ1n) is 7.80. The van der Waals surface area contributed by atoms with Gasteiger partial charge in [0.25, 0.3) is 0 Å². The number of hydrogen-bond donors (Lipinski definition) is 1. The van der Waals surface area contributed by atoms with E-state index in [-0.39, 0.29) is 0 Å². The van der Waals surface area contributed by atoms with Crippen molar-refractivity contribution in [2.75, 3.05) is 12.8 Å². The first kappa shape index (κ1) is 16.4. The SMILES string of the molecule is CNC(CCCC(C)(C)C)CSC1CCCCC1. The van der Waals surface area contributed by atoms with Crippen LogP contribution < -0.4 is 5.32 Å². The molecule has 1 fully saturated rings. The van der Waals surface area contributed by atoms with E-state index in [1.165, 1.54) is 57.1 Å². The van der Waals surface area contributed by atoms with Gasteiger partial charge in [-0.25, -0.2) is 0 Å². The standard InChI is InChI=1S/C16H33NS/c1-16(2,3)12-8-9-14(17-4)13-18-15-10-6-5-7-11-15/h14-15,17H,5-13H2,1-4H3. The number of hydrogen-bond acceptors (Lipinski definition) is 2. The third kappa shape index (κ3) is 7.68. The van der Waals surface area contributed by atoms with Crippen molar-refractivity contribution in [3.63, 3.8) is 0 Å². The molecule has 1 aliphatic rings. The van der Waals surface area contributed by atoms with Gasteiger partial charge in [-0.3, -0.25) is 0 Å². The molecule has 0 amide bonds. The summed E-state index contributed by atoms with van der Waals surface area (Å²) in [4.78, 5) is 0. The summed E-state index contributed by atoms with van der Waals surface area (Å²) in [5, 5.41) is 4.46. The van der Waals surface area contributed by atoms with Gasteiger partial charge in [0.2, 0.25) is 0 Å². The maximum Gasteiger partial charge on any atom is 0.0155 e. The zero-order valence-electron chi connectivity index (χ0n) is 12.9. The summed E-state index contributed by atoms with van der Waals surface area (Å²) in [7, 11) is 2.13. The molecule has 0 aliphatic heterocycles. The molecule has 1 rings (SSSR count). The zero-order valence-corrected chi connectivity index (χ0v) is 13.7. The summed E-state index contributed by atoms with van der Waals surface area (Å²) in [6, 6.07) is 0.722. The van der Waals surface area contributed by atoms with Crippen LogP contribution >= 0.6 is 11.8 Å². The monoisotopic (exact) mass is 271 g/mol. The largest absolute Gasteiger partial charge is 0.316 e. The fraction of sp³-hybridized carbons (Fsp3) is 1.00. The summed E-state index contributed by atoms with van der Waals surface area (Å²) in [5.41, 5.74) is 0.495. The van der Waals surface area contributed by atoms with Crippen molar-refractivity contribution in [2.45, 2.75) is 83.4 Å². The summed E-state index contributed by atoms with van der Waals surface area (Å²) in [6.07, 6.45) is 11.4. The van der Waals surface area contributed by atoms with Gasteiger partial charge in [-0.05, 0) is 38.1 Å². The molecule has 0 aromatic heterocycles. The number of nitrogens with one attached hydrogen (secondary N) is 1. The Labute approximate surface area is 119 Å². The summed E-state index contributed by atoms with van der Waals surface area (Å²) >= 11 is 2.23. The van der Waals surface area contributed by atoms with E-state index in [4.69, 9.17) is 0 Å². The molecule has 1 atom stereocenters. The Hall–Kier alpha value is 0.310. The molecule has 0 heterocycles.